The van der Waals surface area contributed by atoms with Crippen LogP contribution in [0.15, 0.2) is 0 Å². The van der Waals surface area contributed by atoms with Crippen molar-refractivity contribution in [2.75, 3.05) is 0 Å². The highest BCUT2D eigenvalue weighted by Gasteiger charge is 2.44. The highest BCUT2D eigenvalue weighted by Crippen LogP contribution is 2.35. The van der Waals surface area contributed by atoms with E-state index in [1.54, 1.807) is 0 Å². The van der Waals surface area contributed by atoms with Crippen molar-refractivity contribution in [3.63, 3.8) is 0 Å². The second-order valence-corrected chi connectivity index (χ2v) is 4.56. The fourth-order valence-electron chi connectivity index (χ4n) is 2.10. The van der Waals surface area contributed by atoms with Crippen molar-refractivity contribution in [3.8, 4) is 0 Å². The van der Waals surface area contributed by atoms with Gasteiger partial charge in [-0.2, -0.15) is 0 Å². The van der Waals surface area contributed by atoms with E-state index < -0.39 is 5.92 Å². The van der Waals surface area contributed by atoms with Crippen LogP contribution in [0.3, 0.4) is 0 Å². The van der Waals surface area contributed by atoms with Gasteiger partial charge in [0.25, 0.3) is 0 Å². The average Bonchev–Trinajstić information content (AvgIpc) is 3.02. The van der Waals surface area contributed by atoms with E-state index in [2.05, 4.69) is 0 Å². The zero-order valence-corrected chi connectivity index (χ0v) is 10.3. The van der Waals surface area contributed by atoms with Gasteiger partial charge < -0.3 is 0 Å². The van der Waals surface area contributed by atoms with Crippen LogP contribution in [-0.2, 0) is 14.4 Å². The predicted molar refractivity (Wildman–Crippen MR) is 61.0 cm³/mol. The zero-order valence-electron chi connectivity index (χ0n) is 10.3. The lowest BCUT2D eigenvalue weighted by atomic mass is 9.78. The predicted octanol–water partition coefficient (Wildman–Crippen LogP) is 2.18. The van der Waals surface area contributed by atoms with Gasteiger partial charge in [-0.3, -0.25) is 14.4 Å². The number of Topliss-reactive ketones (excluding diaryl/α,β-unsaturated/α-hetero) is 3. The van der Waals surface area contributed by atoms with Crippen molar-refractivity contribution in [3.05, 3.63) is 0 Å². The Morgan fingerprint density at radius 2 is 1.50 bits per heavy atom. The normalized spacial score (nSPS) is 29.4. The van der Waals surface area contributed by atoms with Gasteiger partial charge in [0.15, 0.2) is 17.3 Å². The number of hydrogen-bond acceptors (Lipinski definition) is 3. The number of rotatable bonds is 2. The van der Waals surface area contributed by atoms with Crippen LogP contribution in [0, 0.1) is 17.8 Å². The van der Waals surface area contributed by atoms with Gasteiger partial charge >= 0.3 is 0 Å². The first-order chi connectivity index (χ1) is 7.59. The van der Waals surface area contributed by atoms with Gasteiger partial charge in [0, 0.05) is 18.8 Å². The standard InChI is InChI=1S/C11H14O3.C2H6/c1-6-4-8(12)10(9(13)5-6)11(14)7-2-3-7;1-2/h6-7,10H,2-5H2,1H3;1-2H3. The third kappa shape index (κ3) is 2.77. The molecule has 2 saturated carbocycles. The summed E-state index contributed by atoms with van der Waals surface area (Å²) in [5, 5.41) is 0. The van der Waals surface area contributed by atoms with E-state index in [0.29, 0.717) is 12.8 Å². The van der Waals surface area contributed by atoms with E-state index in [1.165, 1.54) is 0 Å². The molecule has 0 aromatic heterocycles. The molecule has 2 aliphatic rings. The third-order valence-corrected chi connectivity index (χ3v) is 3.01. The molecule has 0 unspecified atom stereocenters. The summed E-state index contributed by atoms with van der Waals surface area (Å²) in [7, 11) is 0. The summed E-state index contributed by atoms with van der Waals surface area (Å²) >= 11 is 0. The van der Waals surface area contributed by atoms with Gasteiger partial charge in [-0.15, -0.1) is 0 Å². The maximum Gasteiger partial charge on any atom is 0.153 e. The summed E-state index contributed by atoms with van der Waals surface area (Å²) < 4.78 is 0. The molecule has 0 radical (unpaired) electrons. The number of carbonyl (C=O) groups excluding carboxylic acids is 3. The van der Waals surface area contributed by atoms with Crippen molar-refractivity contribution < 1.29 is 14.4 Å². The topological polar surface area (TPSA) is 51.2 Å². The molecule has 0 bridgehead atoms. The first-order valence-corrected chi connectivity index (χ1v) is 6.18. The smallest absolute Gasteiger partial charge is 0.153 e. The first kappa shape index (κ1) is 13.1. The molecule has 0 N–H and O–H groups in total. The van der Waals surface area contributed by atoms with E-state index >= 15 is 0 Å². The molecule has 0 heterocycles. The van der Waals surface area contributed by atoms with Crippen LogP contribution in [0.25, 0.3) is 0 Å². The molecule has 2 fully saturated rings. The lowest BCUT2D eigenvalue weighted by Gasteiger charge is -2.22. The average molecular weight is 224 g/mol. The zero-order chi connectivity index (χ0) is 12.3. The molecular formula is C13H20O3. The van der Waals surface area contributed by atoms with Crippen molar-refractivity contribution >= 4 is 17.3 Å². The highest BCUT2D eigenvalue weighted by molar-refractivity contribution is 6.21. The lowest BCUT2D eigenvalue weighted by molar-refractivity contribution is -0.143. The van der Waals surface area contributed by atoms with E-state index in [-0.39, 0.29) is 29.2 Å². The van der Waals surface area contributed by atoms with Gasteiger partial charge in [0.1, 0.15) is 5.92 Å². The molecule has 3 nitrogen and oxygen atoms in total. The summed E-state index contributed by atoms with van der Waals surface area (Å²) in [5.41, 5.74) is 0. The molecule has 0 aromatic carbocycles. The van der Waals surface area contributed by atoms with Crippen molar-refractivity contribution in [2.24, 2.45) is 17.8 Å². The van der Waals surface area contributed by atoms with Crippen LogP contribution in [-0.4, -0.2) is 17.3 Å². The Kier molecular flexibility index (Phi) is 4.39. The number of hydrogen-bond donors (Lipinski definition) is 0. The van der Waals surface area contributed by atoms with Crippen molar-refractivity contribution in [1.29, 1.82) is 0 Å². The van der Waals surface area contributed by atoms with Gasteiger partial charge in [-0.05, 0) is 18.8 Å². The Morgan fingerprint density at radius 1 is 1.06 bits per heavy atom. The van der Waals surface area contributed by atoms with E-state index in [4.69, 9.17) is 0 Å². The van der Waals surface area contributed by atoms with Crippen LogP contribution in [0.4, 0.5) is 0 Å². The molecule has 0 saturated heterocycles. The molecule has 0 spiro atoms. The second kappa shape index (κ2) is 5.37. The van der Waals surface area contributed by atoms with Gasteiger partial charge in [-0.25, -0.2) is 0 Å². The molecule has 0 atom stereocenters. The minimum atomic E-state index is -0.890. The van der Waals surface area contributed by atoms with Crippen LogP contribution in [0.5, 0.6) is 0 Å². The van der Waals surface area contributed by atoms with Crippen LogP contribution in [0.2, 0.25) is 0 Å². The summed E-state index contributed by atoms with van der Waals surface area (Å²) in [4.78, 5) is 34.7. The Bertz CT molecular complexity index is 284. The Morgan fingerprint density at radius 3 is 1.88 bits per heavy atom. The molecule has 16 heavy (non-hydrogen) atoms. The van der Waals surface area contributed by atoms with Gasteiger partial charge in [-0.1, -0.05) is 20.8 Å². The molecule has 0 amide bonds. The minimum absolute atomic E-state index is 0.0151. The quantitative estimate of drug-likeness (QED) is 0.675. The fourth-order valence-corrected chi connectivity index (χ4v) is 2.10. The van der Waals surface area contributed by atoms with E-state index in [0.717, 1.165) is 12.8 Å². The first-order valence-electron chi connectivity index (χ1n) is 6.18. The van der Waals surface area contributed by atoms with Crippen LogP contribution in [0.1, 0.15) is 46.5 Å². The molecule has 3 heteroatoms. The second-order valence-electron chi connectivity index (χ2n) is 4.56. The summed E-state index contributed by atoms with van der Waals surface area (Å²) in [5.74, 6) is -1.15. The largest absolute Gasteiger partial charge is 0.298 e. The van der Waals surface area contributed by atoms with Crippen molar-refractivity contribution in [1.82, 2.24) is 0 Å². The number of carbonyl (C=O) groups is 3. The van der Waals surface area contributed by atoms with E-state index in [1.807, 2.05) is 20.8 Å². The molecular weight excluding hydrogens is 204 g/mol. The minimum Gasteiger partial charge on any atom is -0.298 e. The Balaban J connectivity index is 0.000000606. The molecule has 2 aliphatic carbocycles. The van der Waals surface area contributed by atoms with Crippen molar-refractivity contribution in [2.45, 2.75) is 46.5 Å². The summed E-state index contributed by atoms with van der Waals surface area (Å²) in [6.45, 7) is 5.88. The highest BCUT2D eigenvalue weighted by atomic mass is 16.2. The molecule has 90 valence electrons. The van der Waals surface area contributed by atoms with Crippen LogP contribution >= 0.6 is 0 Å². The van der Waals surface area contributed by atoms with Gasteiger partial charge in [0.05, 0.1) is 0 Å². The number of ketones is 3. The summed E-state index contributed by atoms with van der Waals surface area (Å²) in [6, 6.07) is 0. The maximum atomic E-state index is 11.6. The molecule has 0 aliphatic heterocycles. The lowest BCUT2D eigenvalue weighted by Crippen LogP contribution is -2.38. The Labute approximate surface area is 96.6 Å². The monoisotopic (exact) mass is 224 g/mol. The molecule has 2 rings (SSSR count). The maximum absolute atomic E-state index is 11.6. The molecule has 0 aromatic rings. The SMILES string of the molecule is CC.CC1CC(=O)C(C(=O)C2CC2)C(=O)C1. The Hall–Kier alpha value is -0.990. The van der Waals surface area contributed by atoms with Crippen LogP contribution < -0.4 is 0 Å². The third-order valence-electron chi connectivity index (χ3n) is 3.01. The summed E-state index contributed by atoms with van der Waals surface area (Å²) in [6.07, 6.45) is 2.53. The van der Waals surface area contributed by atoms with Gasteiger partial charge in [0.2, 0.25) is 0 Å². The fraction of sp³-hybridized carbons (Fsp3) is 0.769. The van der Waals surface area contributed by atoms with E-state index in [9.17, 15) is 14.4 Å².